The summed E-state index contributed by atoms with van der Waals surface area (Å²) in [5, 5.41) is 3.22. The van der Waals surface area contributed by atoms with Crippen LogP contribution in [0.1, 0.15) is 45.8 Å². The molecule has 0 aliphatic heterocycles. The van der Waals surface area contributed by atoms with Crippen molar-refractivity contribution >= 4 is 12.0 Å². The van der Waals surface area contributed by atoms with Crippen LogP contribution in [0.25, 0.3) is 6.08 Å². The lowest BCUT2D eigenvalue weighted by Gasteiger charge is -2.16. The number of carbonyl (C=O) groups excluding carboxylic acids is 1. The average molecular weight is 442 g/mol. The highest BCUT2D eigenvalue weighted by Crippen LogP contribution is 2.36. The molecule has 0 spiro atoms. The molecular weight excluding hydrogens is 422 g/mol. The second kappa shape index (κ2) is 8.74. The van der Waals surface area contributed by atoms with E-state index in [1.54, 1.807) is 6.08 Å². The summed E-state index contributed by atoms with van der Waals surface area (Å²) in [6.45, 7) is 0.228. The Bertz CT molecular complexity index is 962. The number of hydrogen-bond acceptors (Lipinski definition) is 2. The number of alkyl halides is 6. The number of nitrogens with two attached hydrogens (primary N) is 1. The predicted molar refractivity (Wildman–Crippen MR) is 104 cm³/mol. The molecule has 9 heteroatoms. The van der Waals surface area contributed by atoms with Gasteiger partial charge in [0.1, 0.15) is 0 Å². The van der Waals surface area contributed by atoms with E-state index >= 15 is 0 Å². The fourth-order valence-corrected chi connectivity index (χ4v) is 3.69. The zero-order chi connectivity index (χ0) is 22.8. The SMILES string of the molecule is NC(=O)/C=C/c1ccc2c(c1)CCC2NCCc1cc(C(F)(F)F)cc(C(F)(F)F)c1. The van der Waals surface area contributed by atoms with E-state index in [1.165, 1.54) is 6.08 Å². The molecule has 0 radical (unpaired) electrons. The second-order valence-corrected chi connectivity index (χ2v) is 7.40. The standard InChI is InChI=1S/C22H20F6N2O/c23-21(24,25)16-10-14(11-17(12-16)22(26,27)28)7-8-30-19-5-3-15-9-13(1-4-18(15)19)2-6-20(29)31/h1-2,4,6,9-12,19,30H,3,5,7-8H2,(H2,29,31)/b6-2+. The number of primary amides is 1. The summed E-state index contributed by atoms with van der Waals surface area (Å²) in [5.41, 5.74) is 5.36. The van der Waals surface area contributed by atoms with Crippen molar-refractivity contribution in [1.29, 1.82) is 0 Å². The molecule has 2 aromatic carbocycles. The molecule has 3 rings (SSSR count). The third kappa shape index (κ3) is 5.88. The summed E-state index contributed by atoms with van der Waals surface area (Å²) in [4.78, 5) is 10.8. The van der Waals surface area contributed by atoms with E-state index < -0.39 is 29.4 Å². The molecule has 31 heavy (non-hydrogen) atoms. The molecule has 1 atom stereocenters. The summed E-state index contributed by atoms with van der Waals surface area (Å²) in [7, 11) is 0. The first-order valence-corrected chi connectivity index (χ1v) is 9.55. The van der Waals surface area contributed by atoms with Gasteiger partial charge in [0.2, 0.25) is 5.91 Å². The van der Waals surface area contributed by atoms with Gasteiger partial charge in [0.05, 0.1) is 11.1 Å². The monoisotopic (exact) mass is 442 g/mol. The first kappa shape index (κ1) is 22.9. The Hall–Kier alpha value is -2.81. The largest absolute Gasteiger partial charge is 0.416 e. The molecule has 1 unspecified atom stereocenters. The van der Waals surface area contributed by atoms with Gasteiger partial charge < -0.3 is 11.1 Å². The molecule has 0 saturated heterocycles. The number of aryl methyl sites for hydroxylation is 1. The van der Waals surface area contributed by atoms with Crippen LogP contribution in [0.3, 0.4) is 0 Å². The molecule has 1 aliphatic carbocycles. The van der Waals surface area contributed by atoms with Crippen LogP contribution in [0.2, 0.25) is 0 Å². The van der Waals surface area contributed by atoms with Crippen LogP contribution in [-0.2, 0) is 30.0 Å². The predicted octanol–water partition coefficient (Wildman–Crippen LogP) is 5.04. The molecule has 166 valence electrons. The van der Waals surface area contributed by atoms with Gasteiger partial charge in [-0.05, 0) is 72.3 Å². The van der Waals surface area contributed by atoms with Gasteiger partial charge in [0.15, 0.2) is 0 Å². The second-order valence-electron chi connectivity index (χ2n) is 7.40. The molecule has 0 heterocycles. The van der Waals surface area contributed by atoms with Gasteiger partial charge in [-0.25, -0.2) is 0 Å². The van der Waals surface area contributed by atoms with Crippen molar-refractivity contribution in [2.45, 2.75) is 37.7 Å². The molecule has 2 aromatic rings. The van der Waals surface area contributed by atoms with Crippen molar-refractivity contribution < 1.29 is 31.1 Å². The van der Waals surface area contributed by atoms with Crippen molar-refractivity contribution in [3.8, 4) is 0 Å². The van der Waals surface area contributed by atoms with Crippen molar-refractivity contribution in [2.75, 3.05) is 6.54 Å². The van der Waals surface area contributed by atoms with E-state index in [0.29, 0.717) is 0 Å². The maximum absolute atomic E-state index is 13.0. The minimum Gasteiger partial charge on any atom is -0.366 e. The molecule has 3 nitrogen and oxygen atoms in total. The van der Waals surface area contributed by atoms with E-state index in [0.717, 1.165) is 41.7 Å². The van der Waals surface area contributed by atoms with Gasteiger partial charge in [0.25, 0.3) is 0 Å². The third-order valence-corrected chi connectivity index (χ3v) is 5.14. The highest BCUT2D eigenvalue weighted by atomic mass is 19.4. The number of rotatable bonds is 6. The number of benzene rings is 2. The van der Waals surface area contributed by atoms with E-state index in [-0.39, 0.29) is 30.6 Å². The van der Waals surface area contributed by atoms with Crippen LogP contribution in [0.4, 0.5) is 26.3 Å². The third-order valence-electron chi connectivity index (χ3n) is 5.14. The Labute approximate surface area is 174 Å². The fourth-order valence-electron chi connectivity index (χ4n) is 3.69. The zero-order valence-electron chi connectivity index (χ0n) is 16.3. The topological polar surface area (TPSA) is 55.1 Å². The average Bonchev–Trinajstić information content (AvgIpc) is 3.07. The molecule has 0 fully saturated rings. The van der Waals surface area contributed by atoms with Crippen LogP contribution in [0.15, 0.2) is 42.5 Å². The number of hydrogen-bond donors (Lipinski definition) is 2. The molecule has 1 amide bonds. The van der Waals surface area contributed by atoms with Gasteiger partial charge in [-0.15, -0.1) is 0 Å². The van der Waals surface area contributed by atoms with E-state index in [1.807, 2.05) is 18.2 Å². The van der Waals surface area contributed by atoms with Gasteiger partial charge in [-0.1, -0.05) is 18.2 Å². The minimum atomic E-state index is -4.85. The van der Waals surface area contributed by atoms with Crippen LogP contribution >= 0.6 is 0 Å². The van der Waals surface area contributed by atoms with Gasteiger partial charge >= 0.3 is 12.4 Å². The molecule has 0 aromatic heterocycles. The Balaban J connectivity index is 1.68. The minimum absolute atomic E-state index is 0.0261. The Morgan fingerprint density at radius 1 is 1.03 bits per heavy atom. The molecule has 0 bridgehead atoms. The Morgan fingerprint density at radius 2 is 1.68 bits per heavy atom. The first-order valence-electron chi connectivity index (χ1n) is 9.55. The summed E-state index contributed by atoms with van der Waals surface area (Å²) in [6, 6.07) is 7.26. The number of nitrogens with one attached hydrogen (secondary N) is 1. The summed E-state index contributed by atoms with van der Waals surface area (Å²) < 4.78 is 77.9. The number of halogens is 6. The quantitative estimate of drug-likeness (QED) is 0.486. The van der Waals surface area contributed by atoms with Gasteiger partial charge in [-0.2, -0.15) is 26.3 Å². The maximum atomic E-state index is 13.0. The lowest BCUT2D eigenvalue weighted by Crippen LogP contribution is -2.22. The molecule has 0 saturated carbocycles. The highest BCUT2D eigenvalue weighted by Gasteiger charge is 2.36. The Kier molecular flexibility index (Phi) is 6.45. The van der Waals surface area contributed by atoms with Crippen molar-refractivity contribution in [3.05, 3.63) is 75.9 Å². The van der Waals surface area contributed by atoms with Crippen molar-refractivity contribution in [3.63, 3.8) is 0 Å². The Morgan fingerprint density at radius 3 is 2.26 bits per heavy atom. The lowest BCUT2D eigenvalue weighted by atomic mass is 10.0. The van der Waals surface area contributed by atoms with Gasteiger partial charge in [0, 0.05) is 12.1 Å². The van der Waals surface area contributed by atoms with Crippen molar-refractivity contribution in [2.24, 2.45) is 5.73 Å². The number of amides is 1. The molecular formula is C22H20F6N2O. The van der Waals surface area contributed by atoms with E-state index in [4.69, 9.17) is 5.73 Å². The smallest absolute Gasteiger partial charge is 0.366 e. The fraction of sp³-hybridized carbons (Fsp3) is 0.318. The zero-order valence-corrected chi connectivity index (χ0v) is 16.3. The summed E-state index contributed by atoms with van der Waals surface area (Å²) in [6.07, 6.45) is -5.28. The number of fused-ring (bicyclic) bond motifs is 1. The first-order chi connectivity index (χ1) is 14.4. The highest BCUT2D eigenvalue weighted by molar-refractivity contribution is 5.90. The van der Waals surface area contributed by atoms with Crippen LogP contribution < -0.4 is 11.1 Å². The van der Waals surface area contributed by atoms with E-state index in [9.17, 15) is 31.1 Å². The maximum Gasteiger partial charge on any atom is 0.416 e. The summed E-state index contributed by atoms with van der Waals surface area (Å²) >= 11 is 0. The molecule has 1 aliphatic rings. The molecule has 3 N–H and O–H groups in total. The van der Waals surface area contributed by atoms with Crippen LogP contribution in [0.5, 0.6) is 0 Å². The number of carbonyl (C=O) groups is 1. The van der Waals surface area contributed by atoms with Crippen LogP contribution in [0, 0.1) is 0 Å². The lowest BCUT2D eigenvalue weighted by molar-refractivity contribution is -0.143. The van der Waals surface area contributed by atoms with E-state index in [2.05, 4.69) is 5.32 Å². The van der Waals surface area contributed by atoms with Crippen molar-refractivity contribution in [1.82, 2.24) is 5.32 Å². The van der Waals surface area contributed by atoms with Crippen LogP contribution in [-0.4, -0.2) is 12.5 Å². The normalized spacial score (nSPS) is 16.6. The summed E-state index contributed by atoms with van der Waals surface area (Å²) in [5.74, 6) is -0.552. The van der Waals surface area contributed by atoms with Gasteiger partial charge in [-0.3, -0.25) is 4.79 Å².